The Morgan fingerprint density at radius 1 is 0.911 bits per heavy atom. The summed E-state index contributed by atoms with van der Waals surface area (Å²) in [7, 11) is 0. The Hall–Kier alpha value is -5.24. The lowest BCUT2D eigenvalue weighted by molar-refractivity contribution is 0.262. The zero-order valence-corrected chi connectivity index (χ0v) is 26.2. The first kappa shape index (κ1) is 31.2. The van der Waals surface area contributed by atoms with Crippen LogP contribution in [0, 0.1) is 0 Å². The number of anilines is 2. The van der Waals surface area contributed by atoms with Crippen molar-refractivity contribution < 1.29 is 9.53 Å². The van der Waals surface area contributed by atoms with E-state index in [2.05, 4.69) is 54.9 Å². The van der Waals surface area contributed by atoms with Crippen LogP contribution in [0.25, 0.3) is 22.2 Å². The van der Waals surface area contributed by atoms with Gasteiger partial charge in [0.05, 0.1) is 0 Å². The fourth-order valence-corrected chi connectivity index (χ4v) is 5.46. The van der Waals surface area contributed by atoms with Gasteiger partial charge in [0.15, 0.2) is 0 Å². The predicted octanol–water partition coefficient (Wildman–Crippen LogP) is 8.50. The van der Waals surface area contributed by atoms with E-state index < -0.39 is 6.03 Å². The Bertz CT molecular complexity index is 1850. The zero-order valence-electron chi connectivity index (χ0n) is 26.2. The van der Waals surface area contributed by atoms with Crippen LogP contribution in [0.1, 0.15) is 62.6 Å². The number of urea groups is 1. The van der Waals surface area contributed by atoms with Gasteiger partial charge in [-0.25, -0.2) is 9.78 Å². The van der Waals surface area contributed by atoms with Crippen LogP contribution in [0.4, 0.5) is 16.2 Å². The summed E-state index contributed by atoms with van der Waals surface area (Å²) in [6, 6.07) is 20.6. The first-order chi connectivity index (χ1) is 21.8. The second kappa shape index (κ2) is 14.0. The molecular weight excluding hydrogens is 562 g/mol. The van der Waals surface area contributed by atoms with Crippen molar-refractivity contribution in [2.75, 3.05) is 10.6 Å². The molecule has 0 aliphatic heterocycles. The fraction of sp³-hybridized carbons (Fsp3) is 0.243. The smallest absolute Gasteiger partial charge is 0.323 e. The molecule has 0 aliphatic carbocycles. The number of aryl methyl sites for hydroxylation is 1. The number of carbonyl (C=O) groups excluding carboxylic acids is 1. The number of benzene rings is 2. The molecule has 3 heterocycles. The van der Waals surface area contributed by atoms with Gasteiger partial charge in [0.25, 0.3) is 5.56 Å². The van der Waals surface area contributed by atoms with Gasteiger partial charge >= 0.3 is 6.03 Å². The molecule has 5 aromatic rings. The normalized spacial score (nSPS) is 11.2. The molecule has 8 heteroatoms. The quantitative estimate of drug-likeness (QED) is 0.148. The molecule has 8 nitrogen and oxygen atoms in total. The van der Waals surface area contributed by atoms with E-state index in [0.29, 0.717) is 42.1 Å². The number of para-hydroxylation sites is 1. The molecule has 2 amide bonds. The lowest BCUT2D eigenvalue weighted by Crippen LogP contribution is -2.30. The molecular formula is C37H39N5O3. The van der Waals surface area contributed by atoms with Crippen molar-refractivity contribution in [1.29, 1.82) is 0 Å². The van der Waals surface area contributed by atoms with E-state index in [1.165, 1.54) is 0 Å². The van der Waals surface area contributed by atoms with Crippen LogP contribution in [-0.2, 0) is 13.2 Å². The number of pyridine rings is 3. The predicted molar refractivity (Wildman–Crippen MR) is 182 cm³/mol. The van der Waals surface area contributed by atoms with Gasteiger partial charge in [0.2, 0.25) is 0 Å². The molecule has 0 unspecified atom stereocenters. The third-order valence-corrected chi connectivity index (χ3v) is 7.71. The standard InChI is InChI=1S/C37H39N5O3/c1-6-7-21-42-35-31(15-10-18-39-35)32(27-11-8-12-28(22-27)45-23-26-16-19-38-20-17-26)34(36(42)43)41-37(44)40-33-29(24(2)3)13-9-14-30(33)25(4)5/h6,8-20,22,24-25H,1,7,21,23H2,2-5H3,(H2,40,41,44). The number of fused-ring (bicyclic) bond motifs is 1. The number of hydrogen-bond acceptors (Lipinski definition) is 5. The summed E-state index contributed by atoms with van der Waals surface area (Å²) in [6.45, 7) is 12.9. The minimum atomic E-state index is -0.494. The maximum atomic E-state index is 14.2. The SMILES string of the molecule is C=CCCn1c(=O)c(NC(=O)Nc2c(C(C)C)cccc2C(C)C)c(-c2cccc(OCc3ccncc3)c2)c2cccnc21. The first-order valence-electron chi connectivity index (χ1n) is 15.2. The second-order valence-electron chi connectivity index (χ2n) is 11.5. The van der Waals surface area contributed by atoms with E-state index in [4.69, 9.17) is 4.74 Å². The Morgan fingerprint density at radius 3 is 2.29 bits per heavy atom. The molecule has 0 radical (unpaired) electrons. The second-order valence-corrected chi connectivity index (χ2v) is 11.5. The number of rotatable bonds is 11. The maximum Gasteiger partial charge on any atom is 0.323 e. The van der Waals surface area contributed by atoms with Crippen molar-refractivity contribution in [3.05, 3.63) is 125 Å². The van der Waals surface area contributed by atoms with E-state index in [1.54, 1.807) is 29.2 Å². The molecule has 0 saturated heterocycles. The summed E-state index contributed by atoms with van der Waals surface area (Å²) in [6.07, 6.45) is 7.44. The topological polar surface area (TPSA) is 98.1 Å². The molecule has 0 fully saturated rings. The largest absolute Gasteiger partial charge is 0.489 e. The molecule has 0 atom stereocenters. The van der Waals surface area contributed by atoms with Gasteiger partial charge in [-0.1, -0.05) is 64.1 Å². The number of amides is 2. The zero-order chi connectivity index (χ0) is 31.9. The third-order valence-electron chi connectivity index (χ3n) is 7.71. The third kappa shape index (κ3) is 6.96. The Balaban J connectivity index is 1.61. The van der Waals surface area contributed by atoms with E-state index in [1.807, 2.05) is 66.7 Å². The highest BCUT2D eigenvalue weighted by atomic mass is 16.5. The lowest BCUT2D eigenvalue weighted by atomic mass is 9.93. The van der Waals surface area contributed by atoms with Gasteiger partial charge in [0.1, 0.15) is 23.7 Å². The minimum Gasteiger partial charge on any atom is -0.489 e. The monoisotopic (exact) mass is 601 g/mol. The summed E-state index contributed by atoms with van der Waals surface area (Å²) in [4.78, 5) is 36.7. The van der Waals surface area contributed by atoms with Gasteiger partial charge in [-0.3, -0.25) is 14.3 Å². The van der Waals surface area contributed by atoms with Gasteiger partial charge in [-0.2, -0.15) is 0 Å². The molecule has 230 valence electrons. The fourth-order valence-electron chi connectivity index (χ4n) is 5.46. The Labute approximate surface area is 263 Å². The van der Waals surface area contributed by atoms with Crippen molar-refractivity contribution in [2.45, 2.75) is 59.1 Å². The van der Waals surface area contributed by atoms with E-state index in [0.717, 1.165) is 27.8 Å². The maximum absolute atomic E-state index is 14.2. The number of nitrogens with zero attached hydrogens (tertiary/aromatic N) is 3. The average molecular weight is 602 g/mol. The highest BCUT2D eigenvalue weighted by Crippen LogP contribution is 2.36. The van der Waals surface area contributed by atoms with Crippen LogP contribution in [0.5, 0.6) is 5.75 Å². The van der Waals surface area contributed by atoms with Crippen molar-refractivity contribution in [3.63, 3.8) is 0 Å². The van der Waals surface area contributed by atoms with Crippen molar-refractivity contribution in [2.24, 2.45) is 0 Å². The molecule has 0 spiro atoms. The molecule has 0 aliphatic rings. The lowest BCUT2D eigenvalue weighted by Gasteiger charge is -2.22. The summed E-state index contributed by atoms with van der Waals surface area (Å²) in [5.74, 6) is 1.000. The van der Waals surface area contributed by atoms with Crippen molar-refractivity contribution in [3.8, 4) is 16.9 Å². The highest BCUT2D eigenvalue weighted by Gasteiger charge is 2.23. The molecule has 5 rings (SSSR count). The number of hydrogen-bond donors (Lipinski definition) is 2. The van der Waals surface area contributed by atoms with Crippen LogP contribution in [0.2, 0.25) is 0 Å². The summed E-state index contributed by atoms with van der Waals surface area (Å²) < 4.78 is 7.71. The average Bonchev–Trinajstić information content (AvgIpc) is 3.04. The molecule has 2 aromatic carbocycles. The number of ether oxygens (including phenoxy) is 1. The summed E-state index contributed by atoms with van der Waals surface area (Å²) in [5.41, 5.74) is 5.44. The van der Waals surface area contributed by atoms with Crippen LogP contribution in [0.15, 0.2) is 103 Å². The number of allylic oxidation sites excluding steroid dienone is 1. The van der Waals surface area contributed by atoms with Gasteiger partial charge in [-0.05, 0) is 76.9 Å². The van der Waals surface area contributed by atoms with E-state index in [9.17, 15) is 9.59 Å². The Morgan fingerprint density at radius 2 is 1.60 bits per heavy atom. The number of nitrogens with one attached hydrogen (secondary N) is 2. The molecule has 3 aromatic heterocycles. The van der Waals surface area contributed by atoms with Gasteiger partial charge in [-0.15, -0.1) is 6.58 Å². The van der Waals surface area contributed by atoms with E-state index in [-0.39, 0.29) is 23.1 Å². The van der Waals surface area contributed by atoms with Crippen LogP contribution >= 0.6 is 0 Å². The molecule has 0 saturated carbocycles. The van der Waals surface area contributed by atoms with Crippen molar-refractivity contribution >= 4 is 28.4 Å². The van der Waals surface area contributed by atoms with Crippen LogP contribution in [0.3, 0.4) is 0 Å². The van der Waals surface area contributed by atoms with Crippen molar-refractivity contribution in [1.82, 2.24) is 14.5 Å². The van der Waals surface area contributed by atoms with Gasteiger partial charge < -0.3 is 15.4 Å². The molecule has 45 heavy (non-hydrogen) atoms. The minimum absolute atomic E-state index is 0.163. The molecule has 0 bridgehead atoms. The van der Waals surface area contributed by atoms with E-state index >= 15 is 0 Å². The molecule has 2 N–H and O–H groups in total. The van der Waals surface area contributed by atoms with Crippen LogP contribution < -0.4 is 20.9 Å². The summed E-state index contributed by atoms with van der Waals surface area (Å²) in [5, 5.41) is 6.79. The number of aromatic nitrogens is 3. The van der Waals surface area contributed by atoms with Crippen LogP contribution in [-0.4, -0.2) is 20.6 Å². The highest BCUT2D eigenvalue weighted by molar-refractivity contribution is 6.07. The summed E-state index contributed by atoms with van der Waals surface area (Å²) >= 11 is 0. The number of carbonyl (C=O) groups is 1. The van der Waals surface area contributed by atoms with Gasteiger partial charge in [0, 0.05) is 41.8 Å². The first-order valence-corrected chi connectivity index (χ1v) is 15.2. The Kier molecular flexibility index (Phi) is 9.73.